The van der Waals surface area contributed by atoms with Gasteiger partial charge in [-0.05, 0) is 25.3 Å². The molecule has 100 valence electrons. The van der Waals surface area contributed by atoms with E-state index in [-0.39, 0.29) is 5.91 Å². The lowest BCUT2D eigenvalue weighted by molar-refractivity contribution is 0.102. The van der Waals surface area contributed by atoms with Gasteiger partial charge in [0.25, 0.3) is 5.91 Å². The van der Waals surface area contributed by atoms with Crippen LogP contribution in [-0.4, -0.2) is 15.9 Å². The highest BCUT2D eigenvalue weighted by Gasteiger charge is 2.14. The Morgan fingerprint density at radius 2 is 1.95 bits per heavy atom. The zero-order valence-corrected chi connectivity index (χ0v) is 12.0. The molecule has 5 heteroatoms. The lowest BCUT2D eigenvalue weighted by Crippen LogP contribution is -2.14. The number of benzene rings is 1. The predicted octanol–water partition coefficient (Wildman–Crippen LogP) is 3.56. The second-order valence-electron chi connectivity index (χ2n) is 4.58. The molecule has 0 aliphatic carbocycles. The topological polar surface area (TPSA) is 54.9 Å². The molecule has 1 aromatic carbocycles. The third-order valence-corrected chi connectivity index (χ3v) is 3.80. The van der Waals surface area contributed by atoms with Crippen molar-refractivity contribution in [2.24, 2.45) is 0 Å². The fourth-order valence-corrected chi connectivity index (χ4v) is 2.76. The van der Waals surface area contributed by atoms with Gasteiger partial charge in [-0.15, -0.1) is 11.3 Å². The largest absolute Gasteiger partial charge is 0.296 e. The Balaban J connectivity index is 2.02. The van der Waals surface area contributed by atoms with Gasteiger partial charge in [0.05, 0.1) is 5.69 Å². The first kappa shape index (κ1) is 12.7. The molecule has 4 nitrogen and oxygen atoms in total. The van der Waals surface area contributed by atoms with E-state index in [0.717, 1.165) is 22.2 Å². The molecule has 1 amide bonds. The zero-order chi connectivity index (χ0) is 14.1. The summed E-state index contributed by atoms with van der Waals surface area (Å²) in [6.07, 6.45) is 0. The first-order valence-electron chi connectivity index (χ1n) is 6.23. The fraction of sp³-hybridized carbons (Fsp3) is 0.133. The van der Waals surface area contributed by atoms with Crippen molar-refractivity contribution < 1.29 is 4.79 Å². The summed E-state index contributed by atoms with van der Waals surface area (Å²) in [4.78, 5) is 21.0. The minimum Gasteiger partial charge on any atom is -0.296 e. The number of hydrogen-bond donors (Lipinski definition) is 1. The van der Waals surface area contributed by atoms with E-state index in [4.69, 9.17) is 0 Å². The summed E-state index contributed by atoms with van der Waals surface area (Å²) in [5.41, 5.74) is 2.16. The highest BCUT2D eigenvalue weighted by Crippen LogP contribution is 2.20. The molecule has 3 aromatic rings. The van der Waals surface area contributed by atoms with Crippen molar-refractivity contribution in [1.82, 2.24) is 9.97 Å². The standard InChI is InChI=1S/C15H13N3OS/c1-9-7-11-5-3-4-6-12(11)13(16-9)14(19)18-15-17-10(2)8-20-15/h3-8H,1-2H3,(H,17,18,19). The number of nitrogens with one attached hydrogen (secondary N) is 1. The van der Waals surface area contributed by atoms with Crippen molar-refractivity contribution in [3.05, 3.63) is 52.8 Å². The van der Waals surface area contributed by atoms with Crippen LogP contribution in [0.25, 0.3) is 10.8 Å². The van der Waals surface area contributed by atoms with Crippen molar-refractivity contribution in [3.63, 3.8) is 0 Å². The number of carbonyl (C=O) groups excluding carboxylic acids is 1. The smallest absolute Gasteiger partial charge is 0.276 e. The van der Waals surface area contributed by atoms with E-state index in [2.05, 4.69) is 15.3 Å². The van der Waals surface area contributed by atoms with E-state index in [1.165, 1.54) is 11.3 Å². The van der Waals surface area contributed by atoms with E-state index in [1.54, 1.807) is 0 Å². The molecule has 0 fully saturated rings. The van der Waals surface area contributed by atoms with Crippen molar-refractivity contribution in [3.8, 4) is 0 Å². The maximum atomic E-state index is 12.4. The van der Waals surface area contributed by atoms with Crippen LogP contribution in [0.4, 0.5) is 5.13 Å². The molecule has 2 heterocycles. The normalized spacial score (nSPS) is 10.7. The van der Waals surface area contributed by atoms with Crippen LogP contribution in [0.15, 0.2) is 35.7 Å². The molecule has 0 bridgehead atoms. The molecule has 0 spiro atoms. The van der Waals surface area contributed by atoms with Crippen LogP contribution in [-0.2, 0) is 0 Å². The molecular formula is C15H13N3OS. The van der Waals surface area contributed by atoms with Crippen LogP contribution in [0.5, 0.6) is 0 Å². The number of amides is 1. The lowest BCUT2D eigenvalue weighted by atomic mass is 10.1. The average Bonchev–Trinajstić information content (AvgIpc) is 2.83. The van der Waals surface area contributed by atoms with Gasteiger partial charge in [0.1, 0.15) is 5.69 Å². The molecule has 0 radical (unpaired) electrons. The fourth-order valence-electron chi connectivity index (χ4n) is 2.07. The molecule has 0 saturated heterocycles. The molecule has 0 aliphatic rings. The molecule has 0 atom stereocenters. The molecule has 0 aliphatic heterocycles. The van der Waals surface area contributed by atoms with Gasteiger partial charge in [-0.2, -0.15) is 0 Å². The average molecular weight is 283 g/mol. The summed E-state index contributed by atoms with van der Waals surface area (Å²) in [6, 6.07) is 9.72. The van der Waals surface area contributed by atoms with Gasteiger partial charge in [0, 0.05) is 16.5 Å². The maximum absolute atomic E-state index is 12.4. The van der Waals surface area contributed by atoms with Gasteiger partial charge in [0.15, 0.2) is 5.13 Å². The Morgan fingerprint density at radius 1 is 1.15 bits per heavy atom. The maximum Gasteiger partial charge on any atom is 0.276 e. The summed E-state index contributed by atoms with van der Waals surface area (Å²) >= 11 is 1.41. The summed E-state index contributed by atoms with van der Waals surface area (Å²) < 4.78 is 0. The Hall–Kier alpha value is -2.27. The van der Waals surface area contributed by atoms with Crippen LogP contribution in [0.1, 0.15) is 21.9 Å². The van der Waals surface area contributed by atoms with Crippen LogP contribution < -0.4 is 5.32 Å². The summed E-state index contributed by atoms with van der Waals surface area (Å²) in [6.45, 7) is 3.78. The van der Waals surface area contributed by atoms with E-state index < -0.39 is 0 Å². The van der Waals surface area contributed by atoms with Crippen molar-refractivity contribution in [2.45, 2.75) is 13.8 Å². The van der Waals surface area contributed by atoms with Crippen LogP contribution >= 0.6 is 11.3 Å². The highest BCUT2D eigenvalue weighted by atomic mass is 32.1. The Labute approximate surface area is 120 Å². The van der Waals surface area contributed by atoms with Gasteiger partial charge in [0.2, 0.25) is 0 Å². The number of anilines is 1. The minimum absolute atomic E-state index is 0.223. The van der Waals surface area contributed by atoms with Crippen molar-refractivity contribution in [2.75, 3.05) is 5.32 Å². The van der Waals surface area contributed by atoms with E-state index >= 15 is 0 Å². The highest BCUT2D eigenvalue weighted by molar-refractivity contribution is 7.13. The summed E-state index contributed by atoms with van der Waals surface area (Å²) in [5, 5.41) is 7.17. The second kappa shape index (κ2) is 5.02. The van der Waals surface area contributed by atoms with Gasteiger partial charge in [-0.1, -0.05) is 24.3 Å². The molecule has 0 saturated carbocycles. The number of aromatic nitrogens is 2. The molecule has 20 heavy (non-hydrogen) atoms. The van der Waals surface area contributed by atoms with Crippen LogP contribution in [0.2, 0.25) is 0 Å². The third-order valence-electron chi connectivity index (χ3n) is 2.92. The molecule has 0 unspecified atom stereocenters. The zero-order valence-electron chi connectivity index (χ0n) is 11.2. The summed E-state index contributed by atoms with van der Waals surface area (Å²) in [5.74, 6) is -0.223. The van der Waals surface area contributed by atoms with Crippen LogP contribution in [0.3, 0.4) is 0 Å². The first-order valence-corrected chi connectivity index (χ1v) is 7.11. The monoisotopic (exact) mass is 283 g/mol. The predicted molar refractivity (Wildman–Crippen MR) is 81.3 cm³/mol. The van der Waals surface area contributed by atoms with Crippen LogP contribution in [0, 0.1) is 13.8 Å². The van der Waals surface area contributed by atoms with Gasteiger partial charge >= 0.3 is 0 Å². The van der Waals surface area contributed by atoms with Gasteiger partial charge < -0.3 is 0 Å². The van der Waals surface area contributed by atoms with E-state index in [9.17, 15) is 4.79 Å². The van der Waals surface area contributed by atoms with Gasteiger partial charge in [-0.25, -0.2) is 9.97 Å². The SMILES string of the molecule is Cc1csc(NC(=O)c2nc(C)cc3ccccc23)n1. The Kier molecular flexibility index (Phi) is 3.20. The quantitative estimate of drug-likeness (QED) is 0.782. The molecule has 3 rings (SSSR count). The van der Waals surface area contributed by atoms with Gasteiger partial charge in [-0.3, -0.25) is 10.1 Å². The van der Waals surface area contributed by atoms with E-state index in [0.29, 0.717) is 10.8 Å². The van der Waals surface area contributed by atoms with Crippen molar-refractivity contribution >= 4 is 33.1 Å². The number of fused-ring (bicyclic) bond motifs is 1. The second-order valence-corrected chi connectivity index (χ2v) is 5.44. The Bertz CT molecular complexity index is 795. The number of nitrogens with zero attached hydrogens (tertiary/aromatic N) is 2. The third kappa shape index (κ3) is 2.40. The molecular weight excluding hydrogens is 270 g/mol. The number of carbonyl (C=O) groups is 1. The van der Waals surface area contributed by atoms with Crippen molar-refractivity contribution in [1.29, 1.82) is 0 Å². The number of hydrogen-bond acceptors (Lipinski definition) is 4. The number of pyridine rings is 1. The molecule has 1 N–H and O–H groups in total. The lowest BCUT2D eigenvalue weighted by Gasteiger charge is -2.06. The number of rotatable bonds is 2. The number of aryl methyl sites for hydroxylation is 2. The van der Waals surface area contributed by atoms with E-state index in [1.807, 2.05) is 49.6 Å². The first-order chi connectivity index (χ1) is 9.63. The number of thiazole rings is 1. The summed E-state index contributed by atoms with van der Waals surface area (Å²) in [7, 11) is 0. The molecule has 2 aromatic heterocycles. The minimum atomic E-state index is -0.223. The Morgan fingerprint density at radius 3 is 2.70 bits per heavy atom.